The molecule has 2 aliphatic heterocycles. The summed E-state index contributed by atoms with van der Waals surface area (Å²) in [6.45, 7) is 0. The number of benzene rings is 3. The van der Waals surface area contributed by atoms with Crippen LogP contribution < -0.4 is 4.74 Å². The molecule has 0 radical (unpaired) electrons. The monoisotopic (exact) mass is 860 g/mol. The van der Waals surface area contributed by atoms with E-state index in [1.807, 2.05) is 57.3 Å². The van der Waals surface area contributed by atoms with Crippen LogP contribution in [0.4, 0.5) is 0 Å². The summed E-state index contributed by atoms with van der Waals surface area (Å²) in [5.41, 5.74) is 1.27. The van der Waals surface area contributed by atoms with Gasteiger partial charge in [-0.15, -0.1) is 0 Å². The Kier molecular flexibility index (Phi) is 6.56. The molecule has 2 aliphatic rings. The fraction of sp³-hybridized carbons (Fsp3) is 0.0500. The average molecular weight is 860 g/mol. The van der Waals surface area contributed by atoms with Gasteiger partial charge in [0.15, 0.2) is 17.1 Å². The molecule has 0 saturated heterocycles. The molecule has 0 atom stereocenters. The molecule has 0 saturated carbocycles. The van der Waals surface area contributed by atoms with Crippen molar-refractivity contribution in [2.45, 2.75) is 5.60 Å². The van der Waals surface area contributed by atoms with Gasteiger partial charge < -0.3 is 19.7 Å². The number of hydrogen-bond acceptors (Lipinski definition) is 5. The van der Waals surface area contributed by atoms with Crippen LogP contribution in [0.1, 0.15) is 27.0 Å². The number of rotatable bonds is 0. The van der Waals surface area contributed by atoms with E-state index in [9.17, 15) is 15.0 Å². The van der Waals surface area contributed by atoms with Gasteiger partial charge in [-0.05, 0) is 109 Å². The molecule has 2 heterocycles. The van der Waals surface area contributed by atoms with Crippen molar-refractivity contribution in [3.63, 3.8) is 0 Å². The molecule has 3 aromatic rings. The van der Waals surface area contributed by atoms with Crippen molar-refractivity contribution < 1.29 is 24.5 Å². The molecule has 0 bridgehead atoms. The number of fused-ring (bicyclic) bond motifs is 6. The van der Waals surface area contributed by atoms with Crippen LogP contribution in [0.3, 0.4) is 0 Å². The van der Waals surface area contributed by atoms with E-state index in [0.717, 1.165) is 0 Å². The Hall–Kier alpha value is 0.450. The van der Waals surface area contributed by atoms with Gasteiger partial charge in [-0.25, -0.2) is 4.79 Å². The van der Waals surface area contributed by atoms with Crippen molar-refractivity contribution in [2.24, 2.45) is 0 Å². The predicted molar refractivity (Wildman–Crippen MR) is 146 cm³/mol. The molecule has 5 rings (SSSR count). The van der Waals surface area contributed by atoms with E-state index in [2.05, 4.69) is 45.2 Å². The van der Waals surface area contributed by atoms with Crippen LogP contribution in [0.2, 0.25) is 0 Å². The minimum atomic E-state index is -1.22. The molecule has 10 heteroatoms. The number of phenolic OH excluding ortho intramolecular Hbond substituents is 2. The first-order chi connectivity index (χ1) is 13.8. The van der Waals surface area contributed by atoms with E-state index in [1.54, 1.807) is 24.3 Å². The summed E-state index contributed by atoms with van der Waals surface area (Å²) in [5.74, 6) is 0.616. The molecular weight excluding hydrogens is 851 g/mol. The van der Waals surface area contributed by atoms with Crippen LogP contribution in [0.5, 0.6) is 23.0 Å². The van der Waals surface area contributed by atoms with Crippen LogP contribution in [-0.2, 0) is 10.3 Å². The normalized spacial score (nSPS) is 14.9. The third-order valence-corrected chi connectivity index (χ3v) is 8.68. The van der Waals surface area contributed by atoms with E-state index in [0.29, 0.717) is 48.0 Å². The Morgan fingerprint density at radius 1 is 0.800 bits per heavy atom. The topological polar surface area (TPSA) is 76.0 Å². The number of hydrogen-bond donors (Lipinski definition) is 2. The van der Waals surface area contributed by atoms with Gasteiger partial charge >= 0.3 is 35.5 Å². The summed E-state index contributed by atoms with van der Waals surface area (Å²) in [6.07, 6.45) is 0. The molecule has 0 fully saturated rings. The second-order valence-corrected chi connectivity index (χ2v) is 11.0. The molecule has 5 nitrogen and oxygen atoms in total. The third kappa shape index (κ3) is 3.15. The van der Waals surface area contributed by atoms with Gasteiger partial charge in [0.25, 0.3) is 0 Å². The number of aromatic hydroxyl groups is 2. The summed E-state index contributed by atoms with van der Waals surface area (Å²) in [6, 6.07) is 10.9. The Balaban J connectivity index is 0.00000218. The number of esters is 1. The van der Waals surface area contributed by atoms with Crippen LogP contribution in [0.15, 0.2) is 36.4 Å². The van der Waals surface area contributed by atoms with Crippen molar-refractivity contribution in [1.29, 1.82) is 0 Å². The van der Waals surface area contributed by atoms with Crippen LogP contribution in [0.25, 0.3) is 0 Å². The summed E-state index contributed by atoms with van der Waals surface area (Å²) in [7, 11) is 0. The zero-order valence-corrected chi connectivity index (χ0v) is 22.7. The quantitative estimate of drug-likeness (QED) is 0.179. The first-order valence-electron chi connectivity index (χ1n) is 8.21. The summed E-state index contributed by atoms with van der Waals surface area (Å²) >= 11 is 8.17. The van der Waals surface area contributed by atoms with Crippen molar-refractivity contribution >= 4 is 126 Å². The van der Waals surface area contributed by atoms with Crippen LogP contribution in [-0.4, -0.2) is 45.7 Å². The first kappa shape index (κ1) is 23.6. The zero-order valence-electron chi connectivity index (χ0n) is 14.1. The third-order valence-electron chi connectivity index (χ3n) is 5.03. The Bertz CT molecular complexity index is 1200. The second-order valence-electron chi connectivity index (χ2n) is 6.51. The van der Waals surface area contributed by atoms with Crippen molar-refractivity contribution in [3.8, 4) is 23.0 Å². The van der Waals surface area contributed by atoms with E-state index in [-0.39, 0.29) is 41.1 Å². The van der Waals surface area contributed by atoms with Gasteiger partial charge in [-0.3, -0.25) is 0 Å². The molecule has 148 valence electrons. The number of halogens is 4. The number of carbonyl (C=O) groups excluding carboxylic acids is 1. The zero-order chi connectivity index (χ0) is 20.7. The van der Waals surface area contributed by atoms with Crippen LogP contribution >= 0.6 is 90.4 Å². The van der Waals surface area contributed by atoms with E-state index in [4.69, 9.17) is 9.47 Å². The van der Waals surface area contributed by atoms with Gasteiger partial charge in [-0.2, -0.15) is 0 Å². The Morgan fingerprint density at radius 2 is 1.30 bits per heavy atom. The Labute approximate surface area is 248 Å². The molecule has 1 spiro atoms. The standard InChI is InChI=1S/C20H8I4O5.Na.H/c21-11-5-9-17(13(23)15(11)25)28-18-10(6-12(22)16(26)14(18)24)20(9)8-4-2-1-3-7(8)19(27)29-20;;/h1-6,25-26H;;. The van der Waals surface area contributed by atoms with E-state index < -0.39 is 11.6 Å². The van der Waals surface area contributed by atoms with Gasteiger partial charge in [-0.1, -0.05) is 18.2 Å². The molecule has 3 aromatic carbocycles. The number of phenols is 2. The molecule has 0 aromatic heterocycles. The van der Waals surface area contributed by atoms with E-state index in [1.165, 1.54) is 0 Å². The fourth-order valence-electron chi connectivity index (χ4n) is 3.77. The minimum absolute atomic E-state index is 0. The SMILES string of the molecule is O=C1OC2(c3ccccc31)c1cc(I)c(O)c(I)c1Oc1c2cc(I)c(O)c1I.[NaH]. The molecule has 30 heavy (non-hydrogen) atoms. The molecule has 2 N–H and O–H groups in total. The van der Waals surface area contributed by atoms with Gasteiger partial charge in [0.1, 0.15) is 11.5 Å². The molecule has 0 aliphatic carbocycles. The maximum atomic E-state index is 12.9. The van der Waals surface area contributed by atoms with Gasteiger partial charge in [0.2, 0.25) is 0 Å². The number of ether oxygens (including phenoxy) is 2. The average Bonchev–Trinajstić information content (AvgIpc) is 3.00. The summed E-state index contributed by atoms with van der Waals surface area (Å²) in [4.78, 5) is 12.9. The maximum absolute atomic E-state index is 12.9. The predicted octanol–water partition coefficient (Wildman–Crippen LogP) is 5.44. The van der Waals surface area contributed by atoms with Crippen LogP contribution in [0, 0.1) is 14.3 Å². The van der Waals surface area contributed by atoms with Crippen molar-refractivity contribution in [3.05, 3.63) is 72.9 Å². The summed E-state index contributed by atoms with van der Waals surface area (Å²) in [5, 5.41) is 21.0. The first-order valence-corrected chi connectivity index (χ1v) is 12.5. The van der Waals surface area contributed by atoms with Gasteiger partial charge in [0.05, 0.1) is 31.0 Å². The molecule has 0 amide bonds. The molecule has 0 unspecified atom stereocenters. The molecular formula is C20H9I4NaO5. The van der Waals surface area contributed by atoms with E-state index >= 15 is 0 Å². The van der Waals surface area contributed by atoms with Crippen molar-refractivity contribution in [1.82, 2.24) is 0 Å². The second kappa shape index (κ2) is 8.34. The van der Waals surface area contributed by atoms with Crippen molar-refractivity contribution in [2.75, 3.05) is 0 Å². The Morgan fingerprint density at radius 3 is 1.83 bits per heavy atom. The van der Waals surface area contributed by atoms with Gasteiger partial charge in [0, 0.05) is 5.56 Å². The number of carbonyl (C=O) groups is 1. The summed E-state index contributed by atoms with van der Waals surface area (Å²) < 4.78 is 14.6. The fourth-order valence-corrected chi connectivity index (χ4v) is 7.35.